The van der Waals surface area contributed by atoms with Crippen molar-refractivity contribution >= 4 is 55.9 Å². The molecule has 3 rings (SSSR count). The molecule has 0 aliphatic heterocycles. The number of hydrogen-bond acceptors (Lipinski definition) is 4. The van der Waals surface area contributed by atoms with E-state index in [-0.39, 0.29) is 16.2 Å². The molecule has 138 valence electrons. The van der Waals surface area contributed by atoms with E-state index in [9.17, 15) is 5.11 Å². The zero-order valence-corrected chi connectivity index (χ0v) is 17.7. The number of rotatable bonds is 4. The van der Waals surface area contributed by atoms with Gasteiger partial charge in [0.2, 0.25) is 0 Å². The van der Waals surface area contributed by atoms with Crippen LogP contribution in [-0.2, 0) is 13.1 Å². The predicted octanol–water partition coefficient (Wildman–Crippen LogP) is 5.86. The van der Waals surface area contributed by atoms with Crippen LogP contribution in [0.25, 0.3) is 11.0 Å². The van der Waals surface area contributed by atoms with Crippen LogP contribution in [0.15, 0.2) is 28.7 Å². The van der Waals surface area contributed by atoms with Crippen molar-refractivity contribution in [3.05, 3.63) is 44.3 Å². The molecule has 2 N–H and O–H groups in total. The number of fused-ring (bicyclic) bond motifs is 1. The lowest BCUT2D eigenvalue weighted by Gasteiger charge is -2.18. The van der Waals surface area contributed by atoms with Crippen LogP contribution in [0.3, 0.4) is 0 Å². The second-order valence-electron chi connectivity index (χ2n) is 7.35. The Hall–Kier alpha value is -1.50. The van der Waals surface area contributed by atoms with Crippen LogP contribution >= 0.6 is 39.1 Å². The van der Waals surface area contributed by atoms with Crippen LogP contribution in [0.5, 0.6) is 5.75 Å². The summed E-state index contributed by atoms with van der Waals surface area (Å²) in [6.07, 6.45) is 0. The number of phenolic OH excluding ortho intramolecular Hbond substituents is 1. The van der Waals surface area contributed by atoms with Crippen LogP contribution in [0.2, 0.25) is 10.0 Å². The minimum atomic E-state index is 0.0249. The normalized spacial score (nSPS) is 11.9. The van der Waals surface area contributed by atoms with Crippen molar-refractivity contribution in [2.45, 2.75) is 33.9 Å². The van der Waals surface area contributed by atoms with E-state index in [0.717, 1.165) is 27.7 Å². The van der Waals surface area contributed by atoms with Crippen molar-refractivity contribution in [1.29, 1.82) is 0 Å². The highest BCUT2D eigenvalue weighted by Crippen LogP contribution is 2.34. The monoisotopic (exact) mass is 456 g/mol. The van der Waals surface area contributed by atoms with Gasteiger partial charge in [0, 0.05) is 23.7 Å². The summed E-state index contributed by atoms with van der Waals surface area (Å²) in [5.74, 6) is 0.0249. The lowest BCUT2D eigenvalue weighted by molar-refractivity contribution is 0.327. The minimum absolute atomic E-state index is 0.0249. The molecule has 3 aromatic rings. The summed E-state index contributed by atoms with van der Waals surface area (Å²) in [6.45, 7) is 7.63. The quantitative estimate of drug-likeness (QED) is 0.514. The molecule has 0 saturated heterocycles. The SMILES string of the molecule is CC(C)(C)Cn1nnc2c(Br)c(NCc3cc(Cl)cc(Cl)c3O)ccc21. The molecule has 1 aromatic heterocycles. The van der Waals surface area contributed by atoms with Gasteiger partial charge in [-0.1, -0.05) is 49.2 Å². The standard InChI is InChI=1S/C18H19BrCl2N4O/c1-18(2,3)9-25-14-5-4-13(15(19)16(14)23-24-25)22-8-10-6-11(20)7-12(21)17(10)26/h4-7,22,26H,8-9H2,1-3H3. The van der Waals surface area contributed by atoms with Gasteiger partial charge in [-0.2, -0.15) is 0 Å². The maximum absolute atomic E-state index is 10.1. The van der Waals surface area contributed by atoms with Crippen molar-refractivity contribution in [2.75, 3.05) is 5.32 Å². The van der Waals surface area contributed by atoms with Gasteiger partial charge in [0.15, 0.2) is 0 Å². The van der Waals surface area contributed by atoms with Crippen LogP contribution in [0.1, 0.15) is 26.3 Å². The second-order valence-corrected chi connectivity index (χ2v) is 8.99. The smallest absolute Gasteiger partial charge is 0.139 e. The Labute approximate surface area is 170 Å². The number of aromatic nitrogens is 3. The zero-order valence-electron chi connectivity index (χ0n) is 14.6. The molecule has 0 aliphatic carbocycles. The van der Waals surface area contributed by atoms with Gasteiger partial charge in [-0.05, 0) is 45.6 Å². The number of anilines is 1. The van der Waals surface area contributed by atoms with Crippen LogP contribution in [-0.4, -0.2) is 20.1 Å². The first-order valence-electron chi connectivity index (χ1n) is 8.08. The first kappa shape index (κ1) is 19.3. The molecule has 0 bridgehead atoms. The van der Waals surface area contributed by atoms with Crippen LogP contribution in [0.4, 0.5) is 5.69 Å². The fourth-order valence-electron chi connectivity index (χ4n) is 2.65. The molecular formula is C18H19BrCl2N4O. The van der Waals surface area contributed by atoms with Gasteiger partial charge in [-0.15, -0.1) is 5.10 Å². The number of hydrogen-bond donors (Lipinski definition) is 2. The fraction of sp³-hybridized carbons (Fsp3) is 0.333. The molecule has 1 heterocycles. The number of benzene rings is 2. The molecule has 2 aromatic carbocycles. The molecule has 0 amide bonds. The Morgan fingerprint density at radius 1 is 1.23 bits per heavy atom. The molecule has 0 atom stereocenters. The van der Waals surface area contributed by atoms with Crippen molar-refractivity contribution in [3.63, 3.8) is 0 Å². The van der Waals surface area contributed by atoms with Gasteiger partial charge in [0.05, 0.1) is 20.7 Å². The second kappa shape index (κ2) is 7.25. The Kier molecular flexibility index (Phi) is 5.37. The van der Waals surface area contributed by atoms with E-state index in [1.54, 1.807) is 6.07 Å². The molecule has 5 nitrogen and oxygen atoms in total. The van der Waals surface area contributed by atoms with E-state index in [1.165, 1.54) is 6.07 Å². The van der Waals surface area contributed by atoms with Gasteiger partial charge >= 0.3 is 0 Å². The van der Waals surface area contributed by atoms with Crippen molar-refractivity contribution in [2.24, 2.45) is 5.41 Å². The average Bonchev–Trinajstić information content (AvgIpc) is 2.93. The van der Waals surface area contributed by atoms with Crippen LogP contribution in [0, 0.1) is 5.41 Å². The third-order valence-corrected chi connectivity index (χ3v) is 5.14. The Morgan fingerprint density at radius 3 is 2.65 bits per heavy atom. The number of aromatic hydroxyl groups is 1. The molecule has 0 saturated carbocycles. The fourth-order valence-corrected chi connectivity index (χ4v) is 3.74. The molecule has 0 aliphatic rings. The molecule has 26 heavy (non-hydrogen) atoms. The number of nitrogens with zero attached hydrogens (tertiary/aromatic N) is 3. The number of phenols is 1. The highest BCUT2D eigenvalue weighted by Gasteiger charge is 2.17. The van der Waals surface area contributed by atoms with E-state index in [4.69, 9.17) is 23.2 Å². The number of halogens is 3. The molecule has 0 unspecified atom stereocenters. The summed E-state index contributed by atoms with van der Waals surface area (Å²) in [5, 5.41) is 22.6. The minimum Gasteiger partial charge on any atom is -0.506 e. The Morgan fingerprint density at radius 2 is 1.96 bits per heavy atom. The molecule has 0 spiro atoms. The average molecular weight is 458 g/mol. The lowest BCUT2D eigenvalue weighted by atomic mass is 9.97. The van der Waals surface area contributed by atoms with Gasteiger partial charge in [-0.3, -0.25) is 0 Å². The Bertz CT molecular complexity index is 966. The van der Waals surface area contributed by atoms with Crippen molar-refractivity contribution in [3.8, 4) is 5.75 Å². The van der Waals surface area contributed by atoms with Gasteiger partial charge in [0.1, 0.15) is 11.3 Å². The van der Waals surface area contributed by atoms with Gasteiger partial charge < -0.3 is 10.4 Å². The molecular weight excluding hydrogens is 439 g/mol. The summed E-state index contributed by atoms with van der Waals surface area (Å²) in [7, 11) is 0. The van der Waals surface area contributed by atoms with E-state index < -0.39 is 0 Å². The highest BCUT2D eigenvalue weighted by molar-refractivity contribution is 9.10. The summed E-state index contributed by atoms with van der Waals surface area (Å²) < 4.78 is 2.73. The lowest BCUT2D eigenvalue weighted by Crippen LogP contribution is -2.16. The predicted molar refractivity (Wildman–Crippen MR) is 110 cm³/mol. The van der Waals surface area contributed by atoms with Crippen molar-refractivity contribution in [1.82, 2.24) is 15.0 Å². The first-order chi connectivity index (χ1) is 12.2. The van der Waals surface area contributed by atoms with E-state index in [0.29, 0.717) is 17.1 Å². The molecule has 0 fully saturated rings. The molecule has 0 radical (unpaired) electrons. The number of nitrogens with one attached hydrogen (secondary N) is 1. The zero-order chi connectivity index (χ0) is 19.1. The largest absolute Gasteiger partial charge is 0.506 e. The maximum atomic E-state index is 10.1. The first-order valence-corrected chi connectivity index (χ1v) is 9.63. The van der Waals surface area contributed by atoms with Gasteiger partial charge in [0.25, 0.3) is 0 Å². The van der Waals surface area contributed by atoms with E-state index in [1.807, 2.05) is 16.8 Å². The third kappa shape index (κ3) is 4.08. The van der Waals surface area contributed by atoms with E-state index in [2.05, 4.69) is 52.3 Å². The summed E-state index contributed by atoms with van der Waals surface area (Å²) in [4.78, 5) is 0. The topological polar surface area (TPSA) is 63.0 Å². The van der Waals surface area contributed by atoms with E-state index >= 15 is 0 Å². The van der Waals surface area contributed by atoms with Crippen LogP contribution < -0.4 is 5.32 Å². The summed E-state index contributed by atoms with van der Waals surface area (Å²) >= 11 is 15.6. The van der Waals surface area contributed by atoms with Crippen molar-refractivity contribution < 1.29 is 5.11 Å². The summed E-state index contributed by atoms with van der Waals surface area (Å²) in [5.41, 5.74) is 3.31. The highest BCUT2D eigenvalue weighted by atomic mass is 79.9. The summed E-state index contributed by atoms with van der Waals surface area (Å²) in [6, 6.07) is 7.14. The molecule has 8 heteroatoms. The maximum Gasteiger partial charge on any atom is 0.139 e. The Balaban J connectivity index is 1.87. The third-order valence-electron chi connectivity index (χ3n) is 3.83. The van der Waals surface area contributed by atoms with Gasteiger partial charge in [-0.25, -0.2) is 4.68 Å².